The lowest BCUT2D eigenvalue weighted by molar-refractivity contribution is -0.137. The Balaban J connectivity index is 1.32. The zero-order valence-electron chi connectivity index (χ0n) is 19.9. The summed E-state index contributed by atoms with van der Waals surface area (Å²) in [5.41, 5.74) is 2.36. The van der Waals surface area contributed by atoms with Crippen LogP contribution in [0.2, 0.25) is 5.02 Å². The normalized spacial score (nSPS) is 14.9. The SMILES string of the molecule is Cc1cc2c(cc1C(=O)c1ccc(Cl)cc1)oc(=O)n2CN1CCN(c2cccc(C(F)(F)F)c2)CC1. The first kappa shape index (κ1) is 25.1. The van der Waals surface area contributed by atoms with Gasteiger partial charge < -0.3 is 9.32 Å². The van der Waals surface area contributed by atoms with E-state index in [1.54, 1.807) is 49.4 Å². The second kappa shape index (κ2) is 9.72. The number of hydrogen-bond donors (Lipinski definition) is 0. The highest BCUT2D eigenvalue weighted by Crippen LogP contribution is 2.32. The highest BCUT2D eigenvalue weighted by molar-refractivity contribution is 6.30. The van der Waals surface area contributed by atoms with Gasteiger partial charge >= 0.3 is 11.9 Å². The van der Waals surface area contributed by atoms with Crippen molar-refractivity contribution in [1.29, 1.82) is 0 Å². The highest BCUT2D eigenvalue weighted by atomic mass is 35.5. The summed E-state index contributed by atoms with van der Waals surface area (Å²) in [5.74, 6) is -0.733. The van der Waals surface area contributed by atoms with E-state index in [9.17, 15) is 22.8 Å². The molecule has 0 spiro atoms. The second-order valence-corrected chi connectivity index (χ2v) is 9.50. The van der Waals surface area contributed by atoms with Crippen molar-refractivity contribution in [3.05, 3.63) is 98.5 Å². The molecule has 192 valence electrons. The molecule has 3 aromatic carbocycles. The fourth-order valence-electron chi connectivity index (χ4n) is 4.57. The van der Waals surface area contributed by atoms with Crippen molar-refractivity contribution in [2.75, 3.05) is 31.1 Å². The van der Waals surface area contributed by atoms with Crippen LogP contribution in [0.4, 0.5) is 18.9 Å². The van der Waals surface area contributed by atoms with E-state index in [0.29, 0.717) is 64.7 Å². The molecule has 1 aliphatic rings. The van der Waals surface area contributed by atoms with Crippen LogP contribution in [-0.4, -0.2) is 41.4 Å². The number of aromatic nitrogens is 1. The van der Waals surface area contributed by atoms with Crippen LogP contribution in [0.5, 0.6) is 0 Å². The van der Waals surface area contributed by atoms with Crippen molar-refractivity contribution < 1.29 is 22.4 Å². The number of ketones is 1. The zero-order chi connectivity index (χ0) is 26.3. The average Bonchev–Trinajstić information content (AvgIpc) is 3.17. The van der Waals surface area contributed by atoms with Crippen molar-refractivity contribution in [2.45, 2.75) is 19.8 Å². The molecule has 6 nitrogen and oxygen atoms in total. The van der Waals surface area contributed by atoms with Crippen molar-refractivity contribution in [3.8, 4) is 0 Å². The molecule has 0 amide bonds. The number of carbonyl (C=O) groups is 1. The minimum absolute atomic E-state index is 0.197. The standard InChI is InChI=1S/C27H23ClF3N3O3/c1-17-13-23-24(15-22(17)25(35)18-5-7-20(28)8-6-18)37-26(36)34(23)16-32-9-11-33(12-10-32)21-4-2-3-19(14-21)27(29,30)31/h2-8,13-15H,9-12,16H2,1H3. The molecule has 2 heterocycles. The summed E-state index contributed by atoms with van der Waals surface area (Å²) in [6, 6.07) is 15.2. The van der Waals surface area contributed by atoms with Crippen LogP contribution in [0.3, 0.4) is 0 Å². The van der Waals surface area contributed by atoms with Gasteiger partial charge in [0.25, 0.3) is 0 Å². The first-order chi connectivity index (χ1) is 17.6. The molecule has 0 N–H and O–H groups in total. The Morgan fingerprint density at radius 1 is 1.00 bits per heavy atom. The summed E-state index contributed by atoms with van der Waals surface area (Å²) in [7, 11) is 0. The van der Waals surface area contributed by atoms with Crippen molar-refractivity contribution in [1.82, 2.24) is 9.47 Å². The molecule has 5 rings (SSSR count). The van der Waals surface area contributed by atoms with Gasteiger partial charge in [0, 0.05) is 48.0 Å². The Labute approximate surface area is 215 Å². The van der Waals surface area contributed by atoms with Gasteiger partial charge in [-0.25, -0.2) is 4.79 Å². The van der Waals surface area contributed by atoms with E-state index in [-0.39, 0.29) is 12.5 Å². The lowest BCUT2D eigenvalue weighted by Crippen LogP contribution is -2.47. The summed E-state index contributed by atoms with van der Waals surface area (Å²) >= 11 is 5.92. The van der Waals surface area contributed by atoms with Crippen molar-refractivity contribution in [3.63, 3.8) is 0 Å². The van der Waals surface area contributed by atoms with Crippen LogP contribution in [0.1, 0.15) is 27.0 Å². The number of alkyl halides is 3. The van der Waals surface area contributed by atoms with E-state index in [1.807, 2.05) is 9.80 Å². The van der Waals surface area contributed by atoms with Crippen LogP contribution < -0.4 is 10.7 Å². The maximum atomic E-state index is 13.1. The van der Waals surface area contributed by atoms with Gasteiger partial charge in [0.15, 0.2) is 11.4 Å². The van der Waals surface area contributed by atoms with Gasteiger partial charge in [0.05, 0.1) is 17.7 Å². The number of benzene rings is 3. The van der Waals surface area contributed by atoms with Gasteiger partial charge in [-0.1, -0.05) is 17.7 Å². The number of oxazole rings is 1. The third-order valence-electron chi connectivity index (χ3n) is 6.62. The predicted octanol–water partition coefficient (Wildman–Crippen LogP) is 5.59. The van der Waals surface area contributed by atoms with Crippen LogP contribution in [-0.2, 0) is 12.8 Å². The number of fused-ring (bicyclic) bond motifs is 1. The molecular formula is C27H23ClF3N3O3. The average molecular weight is 530 g/mol. The minimum Gasteiger partial charge on any atom is -0.408 e. The molecule has 1 saturated heterocycles. The molecule has 0 bridgehead atoms. The van der Waals surface area contributed by atoms with Crippen LogP contribution in [0.25, 0.3) is 11.1 Å². The number of carbonyl (C=O) groups excluding carboxylic acids is 1. The molecule has 0 saturated carbocycles. The Hall–Kier alpha value is -3.56. The van der Waals surface area contributed by atoms with Crippen molar-refractivity contribution in [2.24, 2.45) is 0 Å². The summed E-state index contributed by atoms with van der Waals surface area (Å²) in [6.45, 7) is 4.22. The Morgan fingerprint density at radius 3 is 2.38 bits per heavy atom. The molecule has 1 fully saturated rings. The number of aryl methyl sites for hydroxylation is 1. The number of nitrogens with zero attached hydrogens (tertiary/aromatic N) is 3. The first-order valence-electron chi connectivity index (χ1n) is 11.7. The molecule has 0 radical (unpaired) electrons. The molecule has 4 aromatic rings. The van der Waals surface area contributed by atoms with E-state index in [0.717, 1.165) is 12.1 Å². The summed E-state index contributed by atoms with van der Waals surface area (Å²) in [4.78, 5) is 29.6. The molecule has 1 aliphatic heterocycles. The van der Waals surface area contributed by atoms with E-state index < -0.39 is 17.5 Å². The maximum absolute atomic E-state index is 13.1. The van der Waals surface area contributed by atoms with Gasteiger partial charge in [-0.3, -0.25) is 14.3 Å². The molecule has 37 heavy (non-hydrogen) atoms. The maximum Gasteiger partial charge on any atom is 0.421 e. The van der Waals surface area contributed by atoms with Crippen molar-refractivity contribution >= 4 is 34.2 Å². The van der Waals surface area contributed by atoms with Gasteiger partial charge in [-0.2, -0.15) is 13.2 Å². The number of hydrogen-bond acceptors (Lipinski definition) is 5. The largest absolute Gasteiger partial charge is 0.421 e. The van der Waals surface area contributed by atoms with E-state index >= 15 is 0 Å². The van der Waals surface area contributed by atoms with Crippen LogP contribution in [0.15, 0.2) is 69.9 Å². The number of halogens is 4. The lowest BCUT2D eigenvalue weighted by Gasteiger charge is -2.36. The smallest absolute Gasteiger partial charge is 0.408 e. The zero-order valence-corrected chi connectivity index (χ0v) is 20.6. The number of piperazine rings is 1. The lowest BCUT2D eigenvalue weighted by atomic mass is 9.98. The minimum atomic E-state index is -4.39. The van der Waals surface area contributed by atoms with E-state index in [2.05, 4.69) is 0 Å². The third-order valence-corrected chi connectivity index (χ3v) is 6.87. The molecule has 10 heteroatoms. The van der Waals surface area contributed by atoms with Gasteiger partial charge in [0.1, 0.15) is 0 Å². The van der Waals surface area contributed by atoms with Gasteiger partial charge in [-0.15, -0.1) is 0 Å². The summed E-state index contributed by atoms with van der Waals surface area (Å²) < 4.78 is 46.2. The molecule has 1 aromatic heterocycles. The Bertz CT molecular complexity index is 1520. The Kier molecular flexibility index (Phi) is 6.59. The summed E-state index contributed by atoms with van der Waals surface area (Å²) in [5, 5.41) is 0.530. The topological polar surface area (TPSA) is 58.7 Å². The fraction of sp³-hybridized carbons (Fsp3) is 0.259. The number of anilines is 1. The van der Waals surface area contributed by atoms with Crippen LogP contribution in [0, 0.1) is 6.92 Å². The van der Waals surface area contributed by atoms with Crippen LogP contribution >= 0.6 is 11.6 Å². The fourth-order valence-corrected chi connectivity index (χ4v) is 4.70. The van der Waals surface area contributed by atoms with Gasteiger partial charge in [0.2, 0.25) is 0 Å². The predicted molar refractivity (Wildman–Crippen MR) is 135 cm³/mol. The van der Waals surface area contributed by atoms with E-state index in [1.165, 1.54) is 10.6 Å². The third kappa shape index (κ3) is 5.14. The highest BCUT2D eigenvalue weighted by Gasteiger charge is 2.31. The Morgan fingerprint density at radius 2 is 1.70 bits per heavy atom. The van der Waals surface area contributed by atoms with Gasteiger partial charge in [-0.05, 0) is 67.1 Å². The quantitative estimate of drug-likeness (QED) is 0.316. The molecular weight excluding hydrogens is 507 g/mol. The first-order valence-corrected chi connectivity index (χ1v) is 12.1. The summed E-state index contributed by atoms with van der Waals surface area (Å²) in [6.07, 6.45) is -4.39. The molecule has 0 aliphatic carbocycles. The van der Waals surface area contributed by atoms with E-state index in [4.69, 9.17) is 16.0 Å². The second-order valence-electron chi connectivity index (χ2n) is 9.06. The monoisotopic (exact) mass is 529 g/mol. The number of rotatable bonds is 5. The molecule has 0 atom stereocenters. The molecule has 0 unspecified atom stereocenters.